The molecule has 0 spiro atoms. The maximum Gasteiger partial charge on any atom is 0.119 e. The maximum absolute atomic E-state index is 5.87. The van der Waals surface area contributed by atoms with Crippen LogP contribution in [0, 0.1) is 0 Å². The summed E-state index contributed by atoms with van der Waals surface area (Å²) in [5.41, 5.74) is 1.53. The molecule has 1 heterocycles. The van der Waals surface area contributed by atoms with Gasteiger partial charge in [0, 0.05) is 6.54 Å². The minimum Gasteiger partial charge on any atom is -0.494 e. The Labute approximate surface area is 117 Å². The van der Waals surface area contributed by atoms with Gasteiger partial charge in [-0.15, -0.1) is 0 Å². The summed E-state index contributed by atoms with van der Waals surface area (Å²) in [6.07, 6.45) is 3.86. The van der Waals surface area contributed by atoms with Crippen molar-refractivity contribution in [3.63, 3.8) is 0 Å². The molecule has 2 rings (SSSR count). The van der Waals surface area contributed by atoms with Crippen molar-refractivity contribution in [1.29, 1.82) is 0 Å². The highest BCUT2D eigenvalue weighted by Gasteiger charge is 2.14. The molecule has 0 bridgehead atoms. The average Bonchev–Trinajstić information content (AvgIpc) is 2.87. The van der Waals surface area contributed by atoms with Gasteiger partial charge in [-0.1, -0.05) is 32.9 Å². The molecule has 2 nitrogen and oxygen atoms in total. The molecular formula is C17H27NO. The molecule has 106 valence electrons. The number of rotatable bonds is 5. The van der Waals surface area contributed by atoms with Crippen LogP contribution in [-0.2, 0) is 5.41 Å². The first-order chi connectivity index (χ1) is 9.05. The van der Waals surface area contributed by atoms with Crippen molar-refractivity contribution in [3.8, 4) is 5.75 Å². The van der Waals surface area contributed by atoms with Gasteiger partial charge in [0.25, 0.3) is 0 Å². The molecule has 0 radical (unpaired) electrons. The summed E-state index contributed by atoms with van der Waals surface area (Å²) in [7, 11) is 0. The molecule has 19 heavy (non-hydrogen) atoms. The fraction of sp³-hybridized carbons (Fsp3) is 0.647. The van der Waals surface area contributed by atoms with Gasteiger partial charge in [-0.25, -0.2) is 0 Å². The summed E-state index contributed by atoms with van der Waals surface area (Å²) in [5, 5.41) is 0. The monoisotopic (exact) mass is 261 g/mol. The summed E-state index contributed by atoms with van der Waals surface area (Å²) in [6, 6.07) is 8.51. The normalized spacial score (nSPS) is 16.8. The molecule has 0 amide bonds. The smallest absolute Gasteiger partial charge is 0.119 e. The van der Waals surface area contributed by atoms with Crippen LogP contribution in [0.4, 0.5) is 0 Å². The lowest BCUT2D eigenvalue weighted by molar-refractivity contribution is 0.263. The average molecular weight is 261 g/mol. The zero-order valence-corrected chi connectivity index (χ0v) is 12.6. The summed E-state index contributed by atoms with van der Waals surface area (Å²) in [6.45, 7) is 11.3. The summed E-state index contributed by atoms with van der Waals surface area (Å²) in [4.78, 5) is 2.54. The van der Waals surface area contributed by atoms with E-state index in [2.05, 4.69) is 49.9 Å². The van der Waals surface area contributed by atoms with Crippen LogP contribution < -0.4 is 4.74 Å². The number of ether oxygens (including phenoxy) is 1. The Kier molecular flexibility index (Phi) is 4.87. The Morgan fingerprint density at radius 3 is 2.58 bits per heavy atom. The van der Waals surface area contributed by atoms with Gasteiger partial charge in [0.1, 0.15) is 5.75 Å². The number of likely N-dealkylation sites (tertiary alicyclic amines) is 1. The molecule has 1 aromatic rings. The van der Waals surface area contributed by atoms with Crippen LogP contribution in [0.15, 0.2) is 24.3 Å². The molecule has 1 saturated heterocycles. The Bertz CT molecular complexity index is 388. The molecule has 0 aliphatic carbocycles. The van der Waals surface area contributed by atoms with Gasteiger partial charge >= 0.3 is 0 Å². The van der Waals surface area contributed by atoms with Crippen LogP contribution in [0.5, 0.6) is 5.75 Å². The largest absolute Gasteiger partial charge is 0.494 e. The predicted octanol–water partition coefficient (Wildman–Crippen LogP) is 3.85. The van der Waals surface area contributed by atoms with E-state index in [0.717, 1.165) is 18.8 Å². The van der Waals surface area contributed by atoms with E-state index in [1.165, 1.54) is 38.0 Å². The van der Waals surface area contributed by atoms with E-state index in [1.807, 2.05) is 0 Å². The molecule has 0 saturated carbocycles. The summed E-state index contributed by atoms with van der Waals surface area (Å²) < 4.78 is 5.87. The van der Waals surface area contributed by atoms with E-state index in [4.69, 9.17) is 4.74 Å². The van der Waals surface area contributed by atoms with Crippen LogP contribution in [-0.4, -0.2) is 31.1 Å². The van der Waals surface area contributed by atoms with Crippen LogP contribution in [0.1, 0.15) is 45.6 Å². The van der Waals surface area contributed by atoms with Crippen molar-refractivity contribution in [2.24, 2.45) is 0 Å². The predicted molar refractivity (Wildman–Crippen MR) is 80.9 cm³/mol. The van der Waals surface area contributed by atoms with Gasteiger partial charge in [0.05, 0.1) is 6.61 Å². The first-order valence-corrected chi connectivity index (χ1v) is 7.51. The second-order valence-corrected chi connectivity index (χ2v) is 6.53. The third-order valence-electron chi connectivity index (χ3n) is 3.79. The van der Waals surface area contributed by atoms with Gasteiger partial charge in [-0.2, -0.15) is 0 Å². The van der Waals surface area contributed by atoms with Crippen LogP contribution in [0.25, 0.3) is 0 Å². The van der Waals surface area contributed by atoms with E-state index in [0.29, 0.717) is 0 Å². The quantitative estimate of drug-likeness (QED) is 0.747. The van der Waals surface area contributed by atoms with Crippen molar-refractivity contribution >= 4 is 0 Å². The molecular weight excluding hydrogens is 234 g/mol. The number of benzene rings is 1. The Balaban J connectivity index is 1.76. The molecule has 1 fully saturated rings. The minimum absolute atomic E-state index is 0.189. The van der Waals surface area contributed by atoms with Gasteiger partial charge in [-0.05, 0) is 55.5 Å². The molecule has 1 aromatic carbocycles. The van der Waals surface area contributed by atoms with E-state index >= 15 is 0 Å². The highest BCUT2D eigenvalue weighted by molar-refractivity contribution is 5.32. The number of nitrogens with zero attached hydrogens (tertiary/aromatic N) is 1. The molecule has 0 atom stereocenters. The van der Waals surface area contributed by atoms with E-state index in [9.17, 15) is 0 Å². The second-order valence-electron chi connectivity index (χ2n) is 6.53. The second kappa shape index (κ2) is 6.42. The third-order valence-corrected chi connectivity index (χ3v) is 3.79. The lowest BCUT2D eigenvalue weighted by atomic mass is 9.87. The fourth-order valence-electron chi connectivity index (χ4n) is 2.54. The third kappa shape index (κ3) is 4.54. The van der Waals surface area contributed by atoms with Gasteiger partial charge < -0.3 is 9.64 Å². The van der Waals surface area contributed by atoms with E-state index < -0.39 is 0 Å². The molecule has 1 aliphatic heterocycles. The standard InChI is InChI=1S/C17H27NO/c1-17(2,3)15-8-6-9-16(14-15)19-13-7-12-18-10-4-5-11-18/h6,8-9,14H,4-5,7,10-13H2,1-3H3. The van der Waals surface area contributed by atoms with Crippen LogP contribution >= 0.6 is 0 Å². The van der Waals surface area contributed by atoms with Crippen molar-refractivity contribution in [2.45, 2.75) is 45.4 Å². The molecule has 0 N–H and O–H groups in total. The van der Waals surface area contributed by atoms with Crippen molar-refractivity contribution in [2.75, 3.05) is 26.2 Å². The zero-order valence-electron chi connectivity index (χ0n) is 12.6. The lowest BCUT2D eigenvalue weighted by Gasteiger charge is -2.20. The molecule has 2 heteroatoms. The SMILES string of the molecule is CC(C)(C)c1cccc(OCCCN2CCCC2)c1. The minimum atomic E-state index is 0.189. The topological polar surface area (TPSA) is 12.5 Å². The summed E-state index contributed by atoms with van der Waals surface area (Å²) >= 11 is 0. The maximum atomic E-state index is 5.87. The Morgan fingerprint density at radius 2 is 1.89 bits per heavy atom. The first kappa shape index (κ1) is 14.4. The van der Waals surface area contributed by atoms with Gasteiger partial charge in [-0.3, -0.25) is 0 Å². The molecule has 0 unspecified atom stereocenters. The van der Waals surface area contributed by atoms with E-state index in [1.54, 1.807) is 0 Å². The number of hydrogen-bond donors (Lipinski definition) is 0. The van der Waals surface area contributed by atoms with E-state index in [-0.39, 0.29) is 5.41 Å². The van der Waals surface area contributed by atoms with Crippen molar-refractivity contribution < 1.29 is 4.74 Å². The first-order valence-electron chi connectivity index (χ1n) is 7.51. The zero-order chi connectivity index (χ0) is 13.7. The fourth-order valence-corrected chi connectivity index (χ4v) is 2.54. The van der Waals surface area contributed by atoms with Gasteiger partial charge in [0.15, 0.2) is 0 Å². The Hall–Kier alpha value is -1.02. The highest BCUT2D eigenvalue weighted by Crippen LogP contribution is 2.25. The highest BCUT2D eigenvalue weighted by atomic mass is 16.5. The Morgan fingerprint density at radius 1 is 1.16 bits per heavy atom. The van der Waals surface area contributed by atoms with Crippen LogP contribution in [0.3, 0.4) is 0 Å². The lowest BCUT2D eigenvalue weighted by Crippen LogP contribution is -2.21. The van der Waals surface area contributed by atoms with Crippen LogP contribution in [0.2, 0.25) is 0 Å². The van der Waals surface area contributed by atoms with Gasteiger partial charge in [0.2, 0.25) is 0 Å². The molecule has 0 aromatic heterocycles. The van der Waals surface area contributed by atoms with Crippen molar-refractivity contribution in [1.82, 2.24) is 4.90 Å². The molecule has 1 aliphatic rings. The summed E-state index contributed by atoms with van der Waals surface area (Å²) in [5.74, 6) is 1.01. The van der Waals surface area contributed by atoms with Crippen molar-refractivity contribution in [3.05, 3.63) is 29.8 Å². The number of hydrogen-bond acceptors (Lipinski definition) is 2.